The van der Waals surface area contributed by atoms with Crippen LogP contribution in [0.25, 0.3) is 0 Å². The highest BCUT2D eigenvalue weighted by molar-refractivity contribution is 5.76. The Labute approximate surface area is 564 Å². The number of hydrogen-bond donors (Lipinski definition) is 12. The maximum absolute atomic E-state index is 13.4. The maximum atomic E-state index is 13.4. The number of aliphatic hydroxyl groups is 11. The first-order chi connectivity index (χ1) is 45.8. The van der Waals surface area contributed by atoms with Gasteiger partial charge < -0.3 is 89.9 Å². The Balaban J connectivity index is 1.43. The number of hydrogen-bond acceptors (Lipinski definition) is 18. The van der Waals surface area contributed by atoms with Crippen molar-refractivity contribution in [3.63, 3.8) is 0 Å². The molecule has 0 aromatic carbocycles. The number of aliphatic hydroxyl groups excluding tert-OH is 11. The van der Waals surface area contributed by atoms with Crippen LogP contribution in [-0.2, 0) is 33.2 Å². The van der Waals surface area contributed by atoms with Crippen molar-refractivity contribution in [2.75, 3.05) is 26.4 Å². The van der Waals surface area contributed by atoms with Gasteiger partial charge in [0.05, 0.1) is 38.6 Å². The first-order valence-corrected chi connectivity index (χ1v) is 36.5. The van der Waals surface area contributed by atoms with E-state index in [1.165, 1.54) is 116 Å². The van der Waals surface area contributed by atoms with Crippen molar-refractivity contribution in [3.8, 4) is 0 Å². The molecule has 94 heavy (non-hydrogen) atoms. The highest BCUT2D eigenvalue weighted by atomic mass is 16.8. The van der Waals surface area contributed by atoms with Crippen molar-refractivity contribution < 1.29 is 89.4 Å². The summed E-state index contributed by atoms with van der Waals surface area (Å²) in [4.78, 5) is 13.4. The Morgan fingerprint density at radius 2 is 0.745 bits per heavy atom. The third-order valence-electron chi connectivity index (χ3n) is 17.6. The molecule has 0 aromatic heterocycles. The van der Waals surface area contributed by atoms with E-state index in [1.807, 2.05) is 6.08 Å². The van der Waals surface area contributed by atoms with Crippen LogP contribution in [0.1, 0.15) is 239 Å². The molecule has 3 saturated heterocycles. The van der Waals surface area contributed by atoms with Gasteiger partial charge in [-0.25, -0.2) is 0 Å². The van der Waals surface area contributed by atoms with Crippen LogP contribution >= 0.6 is 0 Å². The summed E-state index contributed by atoms with van der Waals surface area (Å²) in [6.45, 7) is 1.60. The van der Waals surface area contributed by atoms with Gasteiger partial charge in [-0.1, -0.05) is 246 Å². The van der Waals surface area contributed by atoms with E-state index in [0.717, 1.165) is 89.9 Å². The van der Waals surface area contributed by atoms with Crippen LogP contribution in [-0.4, -0.2) is 193 Å². The molecule has 12 N–H and O–H groups in total. The minimum atomic E-state index is -1.99. The molecule has 3 aliphatic rings. The van der Waals surface area contributed by atoms with Crippen LogP contribution in [0.3, 0.4) is 0 Å². The highest BCUT2D eigenvalue weighted by Crippen LogP contribution is 2.33. The lowest BCUT2D eigenvalue weighted by Gasteiger charge is -2.48. The minimum absolute atomic E-state index is 0.224. The van der Waals surface area contributed by atoms with E-state index < -0.39 is 124 Å². The first-order valence-electron chi connectivity index (χ1n) is 36.5. The Hall–Kier alpha value is -3.29. The number of ether oxygens (including phenoxy) is 6. The molecule has 1 amide bonds. The molecular weight excluding hydrogens is 1200 g/mol. The smallest absolute Gasteiger partial charge is 0.220 e. The van der Waals surface area contributed by atoms with Crippen molar-refractivity contribution in [3.05, 3.63) is 97.2 Å². The second-order valence-electron chi connectivity index (χ2n) is 25.7. The van der Waals surface area contributed by atoms with Gasteiger partial charge in [-0.2, -0.15) is 0 Å². The number of amides is 1. The van der Waals surface area contributed by atoms with E-state index in [1.54, 1.807) is 6.08 Å². The molecule has 0 radical (unpaired) electrons. The van der Waals surface area contributed by atoms with Gasteiger partial charge >= 0.3 is 0 Å². The molecule has 0 bridgehead atoms. The Morgan fingerprint density at radius 3 is 1.19 bits per heavy atom. The molecule has 17 atom stereocenters. The second-order valence-corrected chi connectivity index (χ2v) is 25.7. The van der Waals surface area contributed by atoms with Crippen LogP contribution in [0.2, 0.25) is 0 Å². The molecule has 19 nitrogen and oxygen atoms in total. The lowest BCUT2D eigenvalue weighted by atomic mass is 9.96. The molecular formula is C75H129NO18. The Kier molecular flexibility index (Phi) is 50.2. The Bertz CT molecular complexity index is 2080. The topological polar surface area (TPSA) is 307 Å². The summed E-state index contributed by atoms with van der Waals surface area (Å²) in [5, 5.41) is 121. The number of carbonyl (C=O) groups excluding carboxylic acids is 1. The predicted molar refractivity (Wildman–Crippen MR) is 369 cm³/mol. The van der Waals surface area contributed by atoms with Crippen molar-refractivity contribution in [2.45, 2.75) is 343 Å². The maximum Gasteiger partial charge on any atom is 0.220 e. The average Bonchev–Trinajstić information content (AvgIpc) is 0.787. The molecule has 3 aliphatic heterocycles. The molecule has 0 spiro atoms. The summed E-state index contributed by atoms with van der Waals surface area (Å²) in [5.41, 5.74) is 0. The predicted octanol–water partition coefficient (Wildman–Crippen LogP) is 10.4. The number of allylic oxidation sites excluding steroid dienone is 15. The number of nitrogens with one attached hydrogen (secondary N) is 1. The minimum Gasteiger partial charge on any atom is -0.394 e. The lowest BCUT2D eigenvalue weighted by Crippen LogP contribution is -2.66. The quantitative estimate of drug-likeness (QED) is 0.0199. The third kappa shape index (κ3) is 36.5. The highest BCUT2D eigenvalue weighted by Gasteiger charge is 2.53. The molecule has 19 heteroatoms. The molecule has 17 unspecified atom stereocenters. The van der Waals surface area contributed by atoms with Crippen LogP contribution < -0.4 is 5.32 Å². The fourth-order valence-electron chi connectivity index (χ4n) is 11.7. The molecule has 3 heterocycles. The van der Waals surface area contributed by atoms with Gasteiger partial charge in [0.25, 0.3) is 0 Å². The van der Waals surface area contributed by atoms with E-state index in [2.05, 4.69) is 104 Å². The summed E-state index contributed by atoms with van der Waals surface area (Å²) >= 11 is 0. The van der Waals surface area contributed by atoms with Crippen molar-refractivity contribution in [1.29, 1.82) is 0 Å². The van der Waals surface area contributed by atoms with Gasteiger partial charge in [-0.15, -0.1) is 0 Å². The van der Waals surface area contributed by atoms with E-state index in [4.69, 9.17) is 28.4 Å². The Morgan fingerprint density at radius 1 is 0.394 bits per heavy atom. The third-order valence-corrected chi connectivity index (χ3v) is 17.6. The molecule has 0 aliphatic carbocycles. The molecule has 542 valence electrons. The van der Waals surface area contributed by atoms with Gasteiger partial charge in [-0.3, -0.25) is 4.79 Å². The number of rotatable bonds is 55. The van der Waals surface area contributed by atoms with E-state index >= 15 is 0 Å². The summed E-state index contributed by atoms with van der Waals surface area (Å²) in [5.74, 6) is -0.293. The summed E-state index contributed by atoms with van der Waals surface area (Å²) < 4.78 is 34.4. The van der Waals surface area contributed by atoms with Gasteiger partial charge in [0, 0.05) is 6.42 Å². The van der Waals surface area contributed by atoms with E-state index in [0.29, 0.717) is 12.8 Å². The normalized spacial score (nSPS) is 27.9. The van der Waals surface area contributed by atoms with Gasteiger partial charge in [0.2, 0.25) is 5.91 Å². The zero-order valence-corrected chi connectivity index (χ0v) is 57.4. The summed E-state index contributed by atoms with van der Waals surface area (Å²) in [7, 11) is 0. The van der Waals surface area contributed by atoms with Crippen molar-refractivity contribution in [1.82, 2.24) is 5.32 Å². The average molecular weight is 1330 g/mol. The number of carbonyl (C=O) groups is 1. The van der Waals surface area contributed by atoms with Gasteiger partial charge in [0.1, 0.15) is 73.2 Å². The van der Waals surface area contributed by atoms with Gasteiger partial charge in [0.15, 0.2) is 18.9 Å². The van der Waals surface area contributed by atoms with Crippen LogP contribution in [0.4, 0.5) is 0 Å². The second kappa shape index (κ2) is 55.6. The zero-order valence-electron chi connectivity index (χ0n) is 57.4. The lowest BCUT2D eigenvalue weighted by molar-refractivity contribution is -0.379. The van der Waals surface area contributed by atoms with Crippen molar-refractivity contribution in [2.24, 2.45) is 0 Å². The molecule has 3 rings (SSSR count). The number of unbranched alkanes of at least 4 members (excludes halogenated alkanes) is 25. The fraction of sp³-hybridized carbons (Fsp3) is 0.773. The SMILES string of the molecule is CC/C=C\C/C=C\C/C=C\C/C=C\C/C=C\C/C=C\CCCCCCCCCCCCC(=O)NC(COC1OC(CO)C(OC2OC(CO)C(OC3OC(CO)C(O)C(O)C3O)C(O)C2O)C(O)C1O)C(O)/C=C/CC/C=C/CCCCCCCCCCCCCCCC. The van der Waals surface area contributed by atoms with Crippen molar-refractivity contribution >= 4 is 5.91 Å². The van der Waals surface area contributed by atoms with Gasteiger partial charge in [-0.05, 0) is 83.5 Å². The largest absolute Gasteiger partial charge is 0.394 e. The summed E-state index contributed by atoms with van der Waals surface area (Å²) in [6, 6.07) is -0.999. The van der Waals surface area contributed by atoms with Crippen LogP contribution in [0, 0.1) is 0 Å². The monoisotopic (exact) mass is 1330 g/mol. The van der Waals surface area contributed by atoms with E-state index in [9.17, 15) is 61.0 Å². The van der Waals surface area contributed by atoms with E-state index in [-0.39, 0.29) is 18.9 Å². The van der Waals surface area contributed by atoms with Crippen LogP contribution in [0.5, 0.6) is 0 Å². The first kappa shape index (κ1) is 84.9. The van der Waals surface area contributed by atoms with Crippen LogP contribution in [0.15, 0.2) is 97.2 Å². The zero-order chi connectivity index (χ0) is 68.2. The standard InChI is InChI=1S/C75H129NO18/c1-3-5-7-9-11-13-15-17-19-21-23-25-26-27-28-29-30-31-32-33-35-37-39-41-43-45-47-49-51-53-63(81)76-58(59(80)52-50-48-46-44-42-40-38-36-34-24-22-20-18-16-14-12-10-8-6-4-2)57-89-73-69(87)66(84)71(61(55-78)91-73)94-75-70(88)67(85)72(62(56-79)92-75)93-74-68(86)65(83)64(82)60(54-77)90-74/h5,7,11,13,17,19,23,25,27-28,30-31,42,44,50,52,58-62,64-75,77-80,82-88H,3-4,6,8-10,12,14-16,18,20-22,24,26,29,32-41,43,45-49,51,53-57H2,1-2H3,(H,76,81)/b7-5-,13-11-,19-17-,25-23-,28-27-,31-30-,44-42+,52-50+. The fourth-order valence-corrected chi connectivity index (χ4v) is 11.7. The summed E-state index contributed by atoms with van der Waals surface area (Å²) in [6.07, 6.45) is 46.6. The molecule has 3 fully saturated rings. The molecule has 0 saturated carbocycles. The molecule has 0 aromatic rings.